The summed E-state index contributed by atoms with van der Waals surface area (Å²) in [6.45, 7) is 2.82. The van der Waals surface area contributed by atoms with Crippen LogP contribution in [0.2, 0.25) is 5.02 Å². The van der Waals surface area contributed by atoms with E-state index in [4.69, 9.17) is 17.3 Å². The molecule has 106 valence electrons. The van der Waals surface area contributed by atoms with E-state index in [0.29, 0.717) is 0 Å². The highest BCUT2D eigenvalue weighted by molar-refractivity contribution is 6.30. The van der Waals surface area contributed by atoms with Crippen LogP contribution in [0.15, 0.2) is 48.8 Å². The van der Waals surface area contributed by atoms with Crippen LogP contribution in [-0.4, -0.2) is 23.0 Å². The highest BCUT2D eigenvalue weighted by atomic mass is 35.5. The quantitative estimate of drug-likeness (QED) is 0.919. The number of nitrogens with two attached hydrogens (primary N) is 1. The lowest BCUT2D eigenvalue weighted by atomic mass is 9.99. The molecule has 2 rings (SSSR count). The molecule has 0 bridgehead atoms. The van der Waals surface area contributed by atoms with Gasteiger partial charge in [0.1, 0.15) is 0 Å². The Balaban J connectivity index is 2.20. The molecule has 1 aromatic carbocycles. The second-order valence-corrected chi connectivity index (χ2v) is 5.57. The molecule has 2 atom stereocenters. The Kier molecular flexibility index (Phi) is 5.12. The smallest absolute Gasteiger partial charge is 0.0497 e. The summed E-state index contributed by atoms with van der Waals surface area (Å²) in [6.07, 6.45) is 3.66. The van der Waals surface area contributed by atoms with Crippen molar-refractivity contribution in [1.29, 1.82) is 0 Å². The molecule has 0 amide bonds. The summed E-state index contributed by atoms with van der Waals surface area (Å²) in [5.41, 5.74) is 8.48. The number of nitrogens with zero attached hydrogens (tertiary/aromatic N) is 2. The lowest BCUT2D eigenvalue weighted by molar-refractivity contribution is 0.211. The van der Waals surface area contributed by atoms with Crippen molar-refractivity contribution >= 4 is 11.6 Å². The standard InChI is InChI=1S/C16H20ClN3/c1-12(18)16(14-6-3-7-15(17)9-14)20(2)11-13-5-4-8-19-10-13/h3-10,12,16H,11,18H2,1-2H3. The molecule has 0 spiro atoms. The van der Waals surface area contributed by atoms with Gasteiger partial charge < -0.3 is 5.73 Å². The average Bonchev–Trinajstić information content (AvgIpc) is 2.39. The van der Waals surface area contributed by atoms with E-state index in [2.05, 4.69) is 29.1 Å². The average molecular weight is 290 g/mol. The Hall–Kier alpha value is -1.42. The first-order chi connectivity index (χ1) is 9.58. The number of likely N-dealkylation sites (N-methyl/N-ethyl adjacent to an activating group) is 1. The fourth-order valence-corrected chi connectivity index (χ4v) is 2.73. The molecule has 0 saturated carbocycles. The predicted molar refractivity (Wildman–Crippen MR) is 83.5 cm³/mol. The van der Waals surface area contributed by atoms with Crippen LogP contribution in [-0.2, 0) is 6.54 Å². The SMILES string of the molecule is CC(N)C(c1cccc(Cl)c1)N(C)Cc1cccnc1. The second-order valence-electron chi connectivity index (χ2n) is 5.14. The van der Waals surface area contributed by atoms with Crippen LogP contribution in [0.25, 0.3) is 0 Å². The van der Waals surface area contributed by atoms with Gasteiger partial charge in [0, 0.05) is 36.0 Å². The molecular weight excluding hydrogens is 270 g/mol. The van der Waals surface area contributed by atoms with E-state index in [1.807, 2.05) is 37.4 Å². The molecule has 1 heterocycles. The van der Waals surface area contributed by atoms with Crippen molar-refractivity contribution in [1.82, 2.24) is 9.88 Å². The van der Waals surface area contributed by atoms with Gasteiger partial charge in [-0.05, 0) is 43.3 Å². The lowest BCUT2D eigenvalue weighted by Crippen LogP contribution is -2.37. The Morgan fingerprint density at radius 1 is 1.30 bits per heavy atom. The van der Waals surface area contributed by atoms with Gasteiger partial charge in [0.2, 0.25) is 0 Å². The van der Waals surface area contributed by atoms with Crippen LogP contribution < -0.4 is 5.73 Å². The van der Waals surface area contributed by atoms with Crippen LogP contribution in [0.3, 0.4) is 0 Å². The Bertz CT molecular complexity index is 542. The van der Waals surface area contributed by atoms with Gasteiger partial charge in [-0.25, -0.2) is 0 Å². The first kappa shape index (κ1) is 15.0. The normalized spacial score (nSPS) is 14.2. The van der Waals surface area contributed by atoms with Crippen molar-refractivity contribution in [2.45, 2.75) is 25.6 Å². The number of benzene rings is 1. The minimum atomic E-state index is 0.00939. The summed E-state index contributed by atoms with van der Waals surface area (Å²) < 4.78 is 0. The van der Waals surface area contributed by atoms with Crippen molar-refractivity contribution in [2.75, 3.05) is 7.05 Å². The molecule has 2 unspecified atom stereocenters. The number of hydrogen-bond donors (Lipinski definition) is 1. The molecule has 0 fully saturated rings. The third-order valence-corrected chi connectivity index (χ3v) is 3.55. The van der Waals surface area contributed by atoms with Gasteiger partial charge in [0.25, 0.3) is 0 Å². The van der Waals surface area contributed by atoms with Gasteiger partial charge >= 0.3 is 0 Å². The van der Waals surface area contributed by atoms with Crippen LogP contribution in [0.1, 0.15) is 24.1 Å². The first-order valence-electron chi connectivity index (χ1n) is 6.68. The van der Waals surface area contributed by atoms with Crippen molar-refractivity contribution in [3.8, 4) is 0 Å². The maximum absolute atomic E-state index is 6.17. The summed E-state index contributed by atoms with van der Waals surface area (Å²) >= 11 is 6.09. The van der Waals surface area contributed by atoms with E-state index in [1.54, 1.807) is 6.20 Å². The molecule has 0 saturated heterocycles. The molecule has 4 heteroatoms. The van der Waals surface area contributed by atoms with Crippen molar-refractivity contribution in [3.63, 3.8) is 0 Å². The van der Waals surface area contributed by atoms with Gasteiger partial charge in [0.15, 0.2) is 0 Å². The third kappa shape index (κ3) is 3.79. The fourth-order valence-electron chi connectivity index (χ4n) is 2.53. The van der Waals surface area contributed by atoms with Crippen LogP contribution in [0.5, 0.6) is 0 Å². The largest absolute Gasteiger partial charge is 0.326 e. The number of halogens is 1. The molecule has 0 radical (unpaired) electrons. The van der Waals surface area contributed by atoms with Crippen molar-refractivity contribution in [2.24, 2.45) is 5.73 Å². The highest BCUT2D eigenvalue weighted by Crippen LogP contribution is 2.26. The van der Waals surface area contributed by atoms with Crippen molar-refractivity contribution in [3.05, 3.63) is 64.9 Å². The Labute approximate surface area is 125 Å². The Morgan fingerprint density at radius 2 is 2.10 bits per heavy atom. The molecule has 0 aliphatic carbocycles. The van der Waals surface area contributed by atoms with E-state index in [0.717, 1.165) is 17.1 Å². The fraction of sp³-hybridized carbons (Fsp3) is 0.312. The summed E-state index contributed by atoms with van der Waals surface area (Å²) in [4.78, 5) is 6.38. The van der Waals surface area contributed by atoms with E-state index in [1.165, 1.54) is 5.56 Å². The molecule has 2 N–H and O–H groups in total. The molecule has 3 nitrogen and oxygen atoms in total. The first-order valence-corrected chi connectivity index (χ1v) is 7.06. The highest BCUT2D eigenvalue weighted by Gasteiger charge is 2.21. The molecule has 20 heavy (non-hydrogen) atoms. The second kappa shape index (κ2) is 6.84. The molecule has 0 aliphatic heterocycles. The van der Waals surface area contributed by atoms with E-state index >= 15 is 0 Å². The summed E-state index contributed by atoms with van der Waals surface area (Å²) in [7, 11) is 2.07. The zero-order valence-corrected chi connectivity index (χ0v) is 12.6. The maximum Gasteiger partial charge on any atom is 0.0497 e. The maximum atomic E-state index is 6.17. The number of pyridine rings is 1. The molecular formula is C16H20ClN3. The van der Waals surface area contributed by atoms with E-state index in [-0.39, 0.29) is 12.1 Å². The zero-order valence-electron chi connectivity index (χ0n) is 11.8. The van der Waals surface area contributed by atoms with E-state index < -0.39 is 0 Å². The Morgan fingerprint density at radius 3 is 2.70 bits per heavy atom. The van der Waals surface area contributed by atoms with Gasteiger partial charge in [-0.3, -0.25) is 9.88 Å². The van der Waals surface area contributed by atoms with Gasteiger partial charge in [0.05, 0.1) is 0 Å². The summed E-state index contributed by atoms with van der Waals surface area (Å²) in [5.74, 6) is 0. The topological polar surface area (TPSA) is 42.1 Å². The number of aromatic nitrogens is 1. The van der Waals surface area contributed by atoms with Gasteiger partial charge in [-0.15, -0.1) is 0 Å². The van der Waals surface area contributed by atoms with E-state index in [9.17, 15) is 0 Å². The van der Waals surface area contributed by atoms with Crippen molar-refractivity contribution < 1.29 is 0 Å². The molecule has 1 aromatic heterocycles. The van der Waals surface area contributed by atoms with Gasteiger partial charge in [-0.2, -0.15) is 0 Å². The lowest BCUT2D eigenvalue weighted by Gasteiger charge is -2.31. The predicted octanol–water partition coefficient (Wildman–Crippen LogP) is 3.26. The number of rotatable bonds is 5. The van der Waals surface area contributed by atoms with Crippen LogP contribution >= 0.6 is 11.6 Å². The molecule has 2 aromatic rings. The van der Waals surface area contributed by atoms with Crippen LogP contribution in [0.4, 0.5) is 0 Å². The summed E-state index contributed by atoms with van der Waals surface area (Å²) in [6, 6.07) is 12.0. The minimum Gasteiger partial charge on any atom is -0.326 e. The third-order valence-electron chi connectivity index (χ3n) is 3.32. The zero-order chi connectivity index (χ0) is 14.5. The van der Waals surface area contributed by atoms with Gasteiger partial charge in [-0.1, -0.05) is 29.8 Å². The monoisotopic (exact) mass is 289 g/mol. The van der Waals surface area contributed by atoms with Crippen LogP contribution in [0, 0.1) is 0 Å². The number of hydrogen-bond acceptors (Lipinski definition) is 3. The minimum absolute atomic E-state index is 0.00939. The summed E-state index contributed by atoms with van der Waals surface area (Å²) in [5, 5.41) is 0.739. The molecule has 0 aliphatic rings.